The minimum Gasteiger partial charge on any atom is -0.148 e. The lowest BCUT2D eigenvalue weighted by molar-refractivity contribution is 0.589. The Labute approximate surface area is 80.8 Å². The highest BCUT2D eigenvalue weighted by molar-refractivity contribution is 9.10. The Hall–Kier alpha value is 0.180. The molecule has 0 unspecified atom stereocenters. The summed E-state index contributed by atoms with van der Waals surface area (Å²) in [5, 5.41) is 2.24. The van der Waals surface area contributed by atoms with Gasteiger partial charge in [0.25, 0.3) is 0 Å². The summed E-state index contributed by atoms with van der Waals surface area (Å²) in [6.45, 7) is 8.85. The molecular weight excluding hydrogens is 220 g/mol. The number of rotatable bonds is 0. The monoisotopic (exact) mass is 232 g/mol. The molecule has 0 nitrogen and oxygen atoms in total. The van der Waals surface area contributed by atoms with Crippen molar-refractivity contribution >= 4 is 27.3 Å². The maximum Gasteiger partial charge on any atom is 0.0348 e. The molecule has 1 aromatic rings. The molecule has 0 aromatic carbocycles. The Bertz CT molecular complexity index is 255. The highest BCUT2D eigenvalue weighted by Gasteiger charge is 2.18. The van der Waals surface area contributed by atoms with E-state index in [0.29, 0.717) is 0 Å². The van der Waals surface area contributed by atoms with Gasteiger partial charge in [-0.2, -0.15) is 0 Å². The Morgan fingerprint density at radius 2 is 1.91 bits per heavy atom. The number of aryl methyl sites for hydroxylation is 1. The minimum absolute atomic E-state index is 0.267. The van der Waals surface area contributed by atoms with E-state index in [1.54, 1.807) is 0 Å². The van der Waals surface area contributed by atoms with Crippen LogP contribution in [0.2, 0.25) is 0 Å². The molecule has 0 radical (unpaired) electrons. The van der Waals surface area contributed by atoms with Crippen LogP contribution in [0.1, 0.15) is 31.2 Å². The number of thiophene rings is 1. The van der Waals surface area contributed by atoms with Gasteiger partial charge in [-0.3, -0.25) is 0 Å². The minimum atomic E-state index is 0.267. The zero-order valence-corrected chi connectivity index (χ0v) is 9.77. The molecule has 0 N–H and O–H groups in total. The van der Waals surface area contributed by atoms with E-state index in [-0.39, 0.29) is 5.41 Å². The normalized spacial score (nSPS) is 12.1. The molecule has 1 aromatic heterocycles. The maximum atomic E-state index is 3.60. The van der Waals surface area contributed by atoms with E-state index in [1.165, 1.54) is 14.9 Å². The Kier molecular flexibility index (Phi) is 2.45. The van der Waals surface area contributed by atoms with Crippen LogP contribution >= 0.6 is 27.3 Å². The second kappa shape index (κ2) is 2.91. The molecule has 0 saturated carbocycles. The second-order valence-electron chi connectivity index (χ2n) is 3.77. The van der Waals surface area contributed by atoms with Crippen LogP contribution in [0.15, 0.2) is 9.85 Å². The molecule has 1 heterocycles. The molecule has 0 amide bonds. The Balaban J connectivity index is 3.15. The van der Waals surface area contributed by atoms with E-state index >= 15 is 0 Å². The lowest BCUT2D eigenvalue weighted by Gasteiger charge is -2.17. The third kappa shape index (κ3) is 1.85. The molecule has 0 atom stereocenters. The summed E-state index contributed by atoms with van der Waals surface area (Å²) in [4.78, 5) is 1.37. The molecule has 0 aliphatic carbocycles. The van der Waals surface area contributed by atoms with Gasteiger partial charge in [-0.25, -0.2) is 0 Å². The van der Waals surface area contributed by atoms with Crippen LogP contribution in [0.4, 0.5) is 0 Å². The molecule has 0 bridgehead atoms. The molecule has 0 saturated heterocycles. The average molecular weight is 233 g/mol. The summed E-state index contributed by atoms with van der Waals surface area (Å²) in [7, 11) is 0. The summed E-state index contributed by atoms with van der Waals surface area (Å²) in [5.74, 6) is 0. The molecule has 1 rings (SSSR count). The van der Waals surface area contributed by atoms with Crippen LogP contribution in [-0.2, 0) is 5.41 Å². The standard InChI is InChI=1S/C9H13BrS/c1-6-8(10)7(5-11-6)9(2,3)4/h5H,1-4H3. The summed E-state index contributed by atoms with van der Waals surface area (Å²) in [6, 6.07) is 0. The molecule has 2 heteroatoms. The number of hydrogen-bond donors (Lipinski definition) is 0. The van der Waals surface area contributed by atoms with Gasteiger partial charge >= 0.3 is 0 Å². The van der Waals surface area contributed by atoms with Gasteiger partial charge in [-0.05, 0) is 39.2 Å². The van der Waals surface area contributed by atoms with Crippen molar-refractivity contribution in [3.05, 3.63) is 20.3 Å². The zero-order chi connectivity index (χ0) is 8.65. The van der Waals surface area contributed by atoms with E-state index in [0.717, 1.165) is 0 Å². The molecule has 62 valence electrons. The quantitative estimate of drug-likeness (QED) is 0.632. The van der Waals surface area contributed by atoms with E-state index < -0.39 is 0 Å². The first-order chi connectivity index (χ1) is 4.93. The summed E-state index contributed by atoms with van der Waals surface area (Å²) >= 11 is 5.41. The topological polar surface area (TPSA) is 0 Å². The molecule has 0 fully saturated rings. The number of halogens is 1. The fraction of sp³-hybridized carbons (Fsp3) is 0.556. The van der Waals surface area contributed by atoms with Crippen molar-refractivity contribution in [1.82, 2.24) is 0 Å². The van der Waals surface area contributed by atoms with Gasteiger partial charge in [0, 0.05) is 9.35 Å². The predicted octanol–water partition coefficient (Wildman–Crippen LogP) is 4.12. The zero-order valence-electron chi connectivity index (χ0n) is 7.36. The maximum absolute atomic E-state index is 3.60. The first-order valence-corrected chi connectivity index (χ1v) is 5.34. The molecular formula is C9H13BrS. The molecule has 11 heavy (non-hydrogen) atoms. The van der Waals surface area contributed by atoms with Crippen LogP contribution in [0.5, 0.6) is 0 Å². The van der Waals surface area contributed by atoms with Crippen LogP contribution in [0.3, 0.4) is 0 Å². The van der Waals surface area contributed by atoms with Crippen LogP contribution in [-0.4, -0.2) is 0 Å². The highest BCUT2D eigenvalue weighted by atomic mass is 79.9. The SMILES string of the molecule is Cc1scc(C(C)(C)C)c1Br. The van der Waals surface area contributed by atoms with E-state index in [4.69, 9.17) is 0 Å². The van der Waals surface area contributed by atoms with Crippen molar-refractivity contribution in [2.24, 2.45) is 0 Å². The first kappa shape index (κ1) is 9.27. The van der Waals surface area contributed by atoms with Crippen LogP contribution in [0.25, 0.3) is 0 Å². The molecule has 0 spiro atoms. The van der Waals surface area contributed by atoms with Gasteiger partial charge in [0.1, 0.15) is 0 Å². The van der Waals surface area contributed by atoms with Crippen LogP contribution < -0.4 is 0 Å². The highest BCUT2D eigenvalue weighted by Crippen LogP contribution is 2.35. The lowest BCUT2D eigenvalue weighted by atomic mass is 9.89. The van der Waals surface area contributed by atoms with Gasteiger partial charge in [0.05, 0.1) is 0 Å². The fourth-order valence-corrected chi connectivity index (χ4v) is 3.07. The summed E-state index contributed by atoms with van der Waals surface area (Å²) in [6.07, 6.45) is 0. The van der Waals surface area contributed by atoms with Gasteiger partial charge in [-0.1, -0.05) is 20.8 Å². The van der Waals surface area contributed by atoms with Gasteiger partial charge < -0.3 is 0 Å². The Morgan fingerprint density at radius 3 is 2.09 bits per heavy atom. The van der Waals surface area contributed by atoms with Crippen molar-refractivity contribution < 1.29 is 0 Å². The largest absolute Gasteiger partial charge is 0.148 e. The van der Waals surface area contributed by atoms with E-state index in [9.17, 15) is 0 Å². The van der Waals surface area contributed by atoms with Crippen molar-refractivity contribution in [3.63, 3.8) is 0 Å². The number of hydrogen-bond acceptors (Lipinski definition) is 1. The van der Waals surface area contributed by atoms with Crippen molar-refractivity contribution in [2.75, 3.05) is 0 Å². The van der Waals surface area contributed by atoms with Gasteiger partial charge in [-0.15, -0.1) is 11.3 Å². The van der Waals surface area contributed by atoms with Crippen LogP contribution in [0, 0.1) is 6.92 Å². The summed E-state index contributed by atoms with van der Waals surface area (Å²) < 4.78 is 1.29. The summed E-state index contributed by atoms with van der Waals surface area (Å²) in [5.41, 5.74) is 1.68. The average Bonchev–Trinajstić information content (AvgIpc) is 2.11. The third-order valence-corrected chi connectivity index (χ3v) is 3.90. The second-order valence-corrected chi connectivity index (χ2v) is 5.65. The predicted molar refractivity (Wildman–Crippen MR) is 55.5 cm³/mol. The molecule has 0 aliphatic heterocycles. The van der Waals surface area contributed by atoms with Gasteiger partial charge in [0.15, 0.2) is 0 Å². The van der Waals surface area contributed by atoms with Crippen molar-refractivity contribution in [2.45, 2.75) is 33.1 Å². The smallest absolute Gasteiger partial charge is 0.0348 e. The lowest BCUT2D eigenvalue weighted by Crippen LogP contribution is -2.10. The third-order valence-electron chi connectivity index (χ3n) is 1.71. The Morgan fingerprint density at radius 1 is 1.36 bits per heavy atom. The fourth-order valence-electron chi connectivity index (χ4n) is 0.946. The van der Waals surface area contributed by atoms with Crippen molar-refractivity contribution in [1.29, 1.82) is 0 Å². The van der Waals surface area contributed by atoms with E-state index in [2.05, 4.69) is 49.0 Å². The van der Waals surface area contributed by atoms with Crippen molar-refractivity contribution in [3.8, 4) is 0 Å². The molecule has 0 aliphatic rings. The first-order valence-electron chi connectivity index (χ1n) is 3.67. The van der Waals surface area contributed by atoms with E-state index in [1.807, 2.05) is 11.3 Å². The van der Waals surface area contributed by atoms with Gasteiger partial charge in [0.2, 0.25) is 0 Å².